The molecule has 0 aromatic heterocycles. The van der Waals surface area contributed by atoms with Crippen molar-refractivity contribution >= 4 is 5.91 Å². The molecule has 18 heavy (non-hydrogen) atoms. The van der Waals surface area contributed by atoms with Crippen molar-refractivity contribution in [3.05, 3.63) is 12.2 Å². The molecular formula is C15H23NO2. The summed E-state index contributed by atoms with van der Waals surface area (Å²) in [5.74, 6) is 2.08. The summed E-state index contributed by atoms with van der Waals surface area (Å²) < 4.78 is 0. The van der Waals surface area contributed by atoms with Crippen LogP contribution < -0.4 is 5.32 Å². The molecule has 3 nitrogen and oxygen atoms in total. The summed E-state index contributed by atoms with van der Waals surface area (Å²) in [6.07, 6.45) is 10.6. The molecule has 2 bridgehead atoms. The van der Waals surface area contributed by atoms with E-state index in [2.05, 4.69) is 17.5 Å². The predicted molar refractivity (Wildman–Crippen MR) is 69.8 cm³/mol. The number of nitrogens with one attached hydrogen (secondary N) is 1. The van der Waals surface area contributed by atoms with Gasteiger partial charge in [-0.25, -0.2) is 0 Å². The van der Waals surface area contributed by atoms with Gasteiger partial charge in [-0.15, -0.1) is 0 Å². The van der Waals surface area contributed by atoms with Crippen LogP contribution in [-0.4, -0.2) is 23.7 Å². The van der Waals surface area contributed by atoms with E-state index in [9.17, 15) is 9.90 Å². The first-order chi connectivity index (χ1) is 8.72. The highest BCUT2D eigenvalue weighted by molar-refractivity contribution is 5.79. The van der Waals surface area contributed by atoms with Gasteiger partial charge in [0.15, 0.2) is 0 Å². The number of amides is 1. The Kier molecular flexibility index (Phi) is 3.42. The molecular weight excluding hydrogens is 226 g/mol. The van der Waals surface area contributed by atoms with Gasteiger partial charge in [-0.1, -0.05) is 18.6 Å². The number of hydrogen-bond donors (Lipinski definition) is 2. The lowest BCUT2D eigenvalue weighted by Gasteiger charge is -2.27. The zero-order valence-electron chi connectivity index (χ0n) is 10.8. The van der Waals surface area contributed by atoms with Crippen LogP contribution in [0, 0.1) is 23.7 Å². The highest BCUT2D eigenvalue weighted by Gasteiger charge is 2.39. The highest BCUT2D eigenvalue weighted by atomic mass is 16.3. The molecule has 0 heterocycles. The topological polar surface area (TPSA) is 49.3 Å². The zero-order valence-corrected chi connectivity index (χ0v) is 10.8. The van der Waals surface area contributed by atoms with Gasteiger partial charge in [0.05, 0.1) is 6.10 Å². The number of carbonyl (C=O) groups excluding carboxylic acids is 1. The Morgan fingerprint density at radius 2 is 2.11 bits per heavy atom. The van der Waals surface area contributed by atoms with Crippen LogP contribution in [0.15, 0.2) is 12.2 Å². The summed E-state index contributed by atoms with van der Waals surface area (Å²) in [6, 6.07) is 0. The maximum absolute atomic E-state index is 12.2. The largest absolute Gasteiger partial charge is 0.393 e. The summed E-state index contributed by atoms with van der Waals surface area (Å²) >= 11 is 0. The van der Waals surface area contributed by atoms with Crippen LogP contribution >= 0.6 is 0 Å². The molecule has 5 unspecified atom stereocenters. The molecule has 100 valence electrons. The molecule has 0 aliphatic heterocycles. The van der Waals surface area contributed by atoms with Crippen LogP contribution in [0.2, 0.25) is 0 Å². The van der Waals surface area contributed by atoms with Crippen molar-refractivity contribution in [2.75, 3.05) is 6.54 Å². The van der Waals surface area contributed by atoms with E-state index < -0.39 is 0 Å². The molecule has 3 aliphatic rings. The quantitative estimate of drug-likeness (QED) is 0.750. The summed E-state index contributed by atoms with van der Waals surface area (Å²) in [7, 11) is 0. The minimum absolute atomic E-state index is 0.147. The van der Waals surface area contributed by atoms with Crippen LogP contribution in [0.25, 0.3) is 0 Å². The summed E-state index contributed by atoms with van der Waals surface area (Å²) in [6.45, 7) is 0.757. The summed E-state index contributed by atoms with van der Waals surface area (Å²) in [5, 5.41) is 12.7. The first kappa shape index (κ1) is 12.2. The molecule has 3 rings (SSSR count). The molecule has 0 aromatic carbocycles. The third-order valence-corrected chi connectivity index (χ3v) is 4.94. The minimum Gasteiger partial charge on any atom is -0.393 e. The Hall–Kier alpha value is -0.830. The maximum Gasteiger partial charge on any atom is 0.223 e. The number of aliphatic hydroxyl groups excluding tert-OH is 1. The molecule has 0 radical (unpaired) electrons. The molecule has 0 saturated heterocycles. The lowest BCUT2D eigenvalue weighted by molar-refractivity contribution is -0.126. The predicted octanol–water partition coefficient (Wildman–Crippen LogP) is 1.87. The maximum atomic E-state index is 12.2. The Bertz CT molecular complexity index is 352. The number of fused-ring (bicyclic) bond motifs is 2. The van der Waals surface area contributed by atoms with Crippen LogP contribution in [-0.2, 0) is 4.79 Å². The minimum atomic E-state index is -0.147. The fraction of sp³-hybridized carbons (Fsp3) is 0.800. The molecule has 2 fully saturated rings. The van der Waals surface area contributed by atoms with Crippen molar-refractivity contribution in [3.63, 3.8) is 0 Å². The van der Waals surface area contributed by atoms with Crippen LogP contribution in [0.1, 0.15) is 38.5 Å². The first-order valence-electron chi connectivity index (χ1n) is 7.36. The molecule has 2 saturated carbocycles. The van der Waals surface area contributed by atoms with E-state index in [4.69, 9.17) is 0 Å². The van der Waals surface area contributed by atoms with E-state index in [-0.39, 0.29) is 17.9 Å². The number of rotatable bonds is 3. The van der Waals surface area contributed by atoms with E-state index in [1.165, 1.54) is 6.42 Å². The van der Waals surface area contributed by atoms with Crippen molar-refractivity contribution in [3.8, 4) is 0 Å². The van der Waals surface area contributed by atoms with Gasteiger partial charge in [0.1, 0.15) is 0 Å². The van der Waals surface area contributed by atoms with Crippen LogP contribution in [0.5, 0.6) is 0 Å². The number of aliphatic hydroxyl groups is 1. The van der Waals surface area contributed by atoms with Crippen LogP contribution in [0.3, 0.4) is 0 Å². The average molecular weight is 249 g/mol. The Morgan fingerprint density at radius 1 is 1.22 bits per heavy atom. The first-order valence-corrected chi connectivity index (χ1v) is 7.36. The van der Waals surface area contributed by atoms with Gasteiger partial charge < -0.3 is 10.4 Å². The summed E-state index contributed by atoms with van der Waals surface area (Å²) in [4.78, 5) is 12.2. The zero-order chi connectivity index (χ0) is 12.5. The van der Waals surface area contributed by atoms with Gasteiger partial charge in [-0.3, -0.25) is 4.79 Å². The van der Waals surface area contributed by atoms with Gasteiger partial charge in [0.25, 0.3) is 0 Å². The van der Waals surface area contributed by atoms with Crippen molar-refractivity contribution in [1.29, 1.82) is 0 Å². The SMILES string of the molecule is O=C(NCC1CCCC(O)C1)C1CC2C=CC1C2. The average Bonchev–Trinajstić information content (AvgIpc) is 2.98. The number of carbonyl (C=O) groups is 1. The smallest absolute Gasteiger partial charge is 0.223 e. The molecule has 2 N–H and O–H groups in total. The van der Waals surface area contributed by atoms with Crippen molar-refractivity contribution in [2.45, 2.75) is 44.6 Å². The van der Waals surface area contributed by atoms with E-state index in [0.717, 1.165) is 38.6 Å². The number of hydrogen-bond acceptors (Lipinski definition) is 2. The molecule has 3 aliphatic carbocycles. The van der Waals surface area contributed by atoms with E-state index >= 15 is 0 Å². The van der Waals surface area contributed by atoms with Crippen molar-refractivity contribution in [1.82, 2.24) is 5.32 Å². The molecule has 0 spiro atoms. The van der Waals surface area contributed by atoms with Crippen molar-refractivity contribution in [2.24, 2.45) is 23.7 Å². The Morgan fingerprint density at radius 3 is 2.78 bits per heavy atom. The second kappa shape index (κ2) is 5.04. The highest BCUT2D eigenvalue weighted by Crippen LogP contribution is 2.43. The van der Waals surface area contributed by atoms with E-state index in [1.807, 2.05) is 0 Å². The monoisotopic (exact) mass is 249 g/mol. The second-order valence-electron chi connectivity index (χ2n) is 6.32. The molecule has 0 aromatic rings. The van der Waals surface area contributed by atoms with Crippen molar-refractivity contribution < 1.29 is 9.90 Å². The van der Waals surface area contributed by atoms with Gasteiger partial charge in [-0.05, 0) is 49.9 Å². The molecule has 5 atom stereocenters. The molecule has 1 amide bonds. The van der Waals surface area contributed by atoms with Gasteiger partial charge in [0.2, 0.25) is 5.91 Å². The standard InChI is InChI=1S/C15H23NO2/c17-13-3-1-2-11(7-13)9-16-15(18)14-8-10-4-5-12(14)6-10/h4-5,10-14,17H,1-3,6-9H2,(H,16,18). The molecule has 3 heteroatoms. The third-order valence-electron chi connectivity index (χ3n) is 4.94. The van der Waals surface area contributed by atoms with Crippen LogP contribution in [0.4, 0.5) is 0 Å². The van der Waals surface area contributed by atoms with Gasteiger partial charge in [-0.2, -0.15) is 0 Å². The Labute approximate surface area is 109 Å². The van der Waals surface area contributed by atoms with E-state index in [0.29, 0.717) is 17.8 Å². The number of allylic oxidation sites excluding steroid dienone is 2. The summed E-state index contributed by atoms with van der Waals surface area (Å²) in [5.41, 5.74) is 0. The normalized spacial score (nSPS) is 42.2. The lowest BCUT2D eigenvalue weighted by atomic mass is 9.87. The Balaban J connectivity index is 1.45. The fourth-order valence-electron chi connectivity index (χ4n) is 3.91. The van der Waals surface area contributed by atoms with Gasteiger partial charge in [0, 0.05) is 12.5 Å². The third kappa shape index (κ3) is 2.46. The fourth-order valence-corrected chi connectivity index (χ4v) is 3.91. The van der Waals surface area contributed by atoms with Gasteiger partial charge >= 0.3 is 0 Å². The van der Waals surface area contributed by atoms with E-state index in [1.54, 1.807) is 0 Å². The second-order valence-corrected chi connectivity index (χ2v) is 6.32. The lowest BCUT2D eigenvalue weighted by Crippen LogP contribution is -2.37.